The Morgan fingerprint density at radius 3 is 2.81 bits per heavy atom. The molecular formula is C17H20N2O2. The fraction of sp³-hybridized carbons (Fsp3) is 0.412. The topological polar surface area (TPSA) is 51.1 Å². The summed E-state index contributed by atoms with van der Waals surface area (Å²) in [7, 11) is 0. The van der Waals surface area contributed by atoms with Gasteiger partial charge in [-0.3, -0.25) is 9.59 Å². The smallest absolute Gasteiger partial charge is 0.254 e. The number of aromatic nitrogens is 1. The van der Waals surface area contributed by atoms with E-state index in [9.17, 15) is 9.59 Å². The molecule has 1 heterocycles. The Kier molecular flexibility index (Phi) is 3.78. The molecule has 0 spiro atoms. The van der Waals surface area contributed by atoms with Crippen molar-refractivity contribution in [3.05, 3.63) is 46.2 Å². The predicted octanol–water partition coefficient (Wildman–Crippen LogP) is 2.23. The fourth-order valence-electron chi connectivity index (χ4n) is 2.80. The highest BCUT2D eigenvalue weighted by Crippen LogP contribution is 2.26. The molecule has 1 N–H and O–H groups in total. The third kappa shape index (κ3) is 2.71. The van der Waals surface area contributed by atoms with E-state index in [-0.39, 0.29) is 17.4 Å². The van der Waals surface area contributed by atoms with Gasteiger partial charge in [0.1, 0.15) is 0 Å². The number of para-hydroxylation sites is 1. The number of rotatable bonds is 4. The van der Waals surface area contributed by atoms with Gasteiger partial charge in [0.05, 0.1) is 5.52 Å². The number of fused-ring (bicyclic) bond motifs is 1. The van der Waals surface area contributed by atoms with Crippen LogP contribution >= 0.6 is 0 Å². The van der Waals surface area contributed by atoms with E-state index in [1.807, 2.05) is 37.3 Å². The lowest BCUT2D eigenvalue weighted by Gasteiger charge is -2.24. The third-order valence-electron chi connectivity index (χ3n) is 4.29. The first-order valence-electron chi connectivity index (χ1n) is 7.54. The van der Waals surface area contributed by atoms with E-state index in [0.717, 1.165) is 35.7 Å². The maximum Gasteiger partial charge on any atom is 0.254 e. The van der Waals surface area contributed by atoms with E-state index in [2.05, 4.69) is 5.32 Å². The van der Waals surface area contributed by atoms with Crippen LogP contribution in [0.1, 0.15) is 24.8 Å². The van der Waals surface area contributed by atoms with Crippen LogP contribution in [0.25, 0.3) is 10.9 Å². The van der Waals surface area contributed by atoms with E-state index in [1.165, 1.54) is 0 Å². The van der Waals surface area contributed by atoms with Gasteiger partial charge in [0.15, 0.2) is 0 Å². The highest BCUT2D eigenvalue weighted by atomic mass is 16.2. The van der Waals surface area contributed by atoms with Gasteiger partial charge in [-0.25, -0.2) is 0 Å². The van der Waals surface area contributed by atoms with E-state index in [0.29, 0.717) is 13.1 Å². The number of amides is 1. The van der Waals surface area contributed by atoms with Crippen LogP contribution in [0.2, 0.25) is 0 Å². The average molecular weight is 284 g/mol. The number of carbonyl (C=O) groups is 1. The molecule has 1 aliphatic rings. The summed E-state index contributed by atoms with van der Waals surface area (Å²) in [5, 5.41) is 4.00. The lowest BCUT2D eigenvalue weighted by Crippen LogP contribution is -2.37. The second-order valence-corrected chi connectivity index (χ2v) is 5.76. The first-order chi connectivity index (χ1) is 10.2. The minimum absolute atomic E-state index is 0.0200. The molecule has 0 aliphatic heterocycles. The normalized spacial score (nSPS) is 14.9. The zero-order chi connectivity index (χ0) is 14.8. The Bertz CT molecular complexity index is 729. The molecule has 0 bridgehead atoms. The number of hydrogen-bond acceptors (Lipinski definition) is 2. The van der Waals surface area contributed by atoms with Crippen LogP contribution in [0.3, 0.4) is 0 Å². The number of nitrogens with one attached hydrogen (secondary N) is 1. The van der Waals surface area contributed by atoms with Crippen molar-refractivity contribution in [3.8, 4) is 0 Å². The SMILES string of the molecule is Cc1cc2ccccc2n(CCNC(=O)C2CCC2)c1=O. The minimum Gasteiger partial charge on any atom is -0.354 e. The molecule has 0 saturated heterocycles. The second kappa shape index (κ2) is 5.72. The van der Waals surface area contributed by atoms with Crippen molar-refractivity contribution in [1.82, 2.24) is 9.88 Å². The van der Waals surface area contributed by atoms with Gasteiger partial charge in [0.25, 0.3) is 5.56 Å². The molecule has 3 rings (SSSR count). The van der Waals surface area contributed by atoms with Crippen molar-refractivity contribution in [1.29, 1.82) is 0 Å². The predicted molar refractivity (Wildman–Crippen MR) is 83.3 cm³/mol. The van der Waals surface area contributed by atoms with Crippen molar-refractivity contribution >= 4 is 16.8 Å². The zero-order valence-corrected chi connectivity index (χ0v) is 12.3. The van der Waals surface area contributed by atoms with Crippen molar-refractivity contribution in [3.63, 3.8) is 0 Å². The van der Waals surface area contributed by atoms with Gasteiger partial charge in [-0.1, -0.05) is 24.6 Å². The van der Waals surface area contributed by atoms with Crippen LogP contribution < -0.4 is 10.9 Å². The van der Waals surface area contributed by atoms with Gasteiger partial charge >= 0.3 is 0 Å². The molecule has 21 heavy (non-hydrogen) atoms. The van der Waals surface area contributed by atoms with Crippen molar-refractivity contribution in [2.45, 2.75) is 32.7 Å². The van der Waals surface area contributed by atoms with Crippen molar-refractivity contribution in [2.75, 3.05) is 6.54 Å². The Morgan fingerprint density at radius 1 is 1.33 bits per heavy atom. The highest BCUT2D eigenvalue weighted by molar-refractivity contribution is 5.80. The first kappa shape index (κ1) is 13.9. The summed E-state index contributed by atoms with van der Waals surface area (Å²) in [6.45, 7) is 2.85. The number of hydrogen-bond donors (Lipinski definition) is 1. The van der Waals surface area contributed by atoms with Crippen LogP contribution in [0.5, 0.6) is 0 Å². The standard InChI is InChI=1S/C17H20N2O2/c1-12-11-14-5-2-3-8-15(14)19(17(12)21)10-9-18-16(20)13-6-4-7-13/h2-3,5,8,11,13H,4,6-7,9-10H2,1H3,(H,18,20). The molecular weight excluding hydrogens is 264 g/mol. The Balaban J connectivity index is 1.78. The lowest BCUT2D eigenvalue weighted by molar-refractivity contribution is -0.127. The second-order valence-electron chi connectivity index (χ2n) is 5.76. The van der Waals surface area contributed by atoms with E-state index < -0.39 is 0 Å². The summed E-state index contributed by atoms with van der Waals surface area (Å²) in [4.78, 5) is 24.1. The monoisotopic (exact) mass is 284 g/mol. The summed E-state index contributed by atoms with van der Waals surface area (Å²) in [6, 6.07) is 9.77. The summed E-state index contributed by atoms with van der Waals surface area (Å²) >= 11 is 0. The van der Waals surface area contributed by atoms with Gasteiger partial charge in [0.2, 0.25) is 5.91 Å². The number of nitrogens with zero attached hydrogens (tertiary/aromatic N) is 1. The Morgan fingerprint density at radius 2 is 2.10 bits per heavy atom. The van der Waals surface area contributed by atoms with Crippen LogP contribution in [-0.2, 0) is 11.3 Å². The third-order valence-corrected chi connectivity index (χ3v) is 4.29. The quantitative estimate of drug-likeness (QED) is 0.936. The van der Waals surface area contributed by atoms with Gasteiger partial charge in [-0.05, 0) is 37.3 Å². The van der Waals surface area contributed by atoms with Crippen molar-refractivity contribution < 1.29 is 4.79 Å². The summed E-state index contributed by atoms with van der Waals surface area (Å²) < 4.78 is 1.76. The van der Waals surface area contributed by atoms with Crippen LogP contribution in [0, 0.1) is 12.8 Å². The number of carbonyl (C=O) groups excluding carboxylic acids is 1. The number of benzene rings is 1. The average Bonchev–Trinajstić information content (AvgIpc) is 2.41. The summed E-state index contributed by atoms with van der Waals surface area (Å²) in [5.74, 6) is 0.322. The molecule has 1 fully saturated rings. The fourth-order valence-corrected chi connectivity index (χ4v) is 2.80. The van der Waals surface area contributed by atoms with Crippen LogP contribution in [0.4, 0.5) is 0 Å². The highest BCUT2D eigenvalue weighted by Gasteiger charge is 2.24. The summed E-state index contributed by atoms with van der Waals surface area (Å²) in [5.41, 5.74) is 1.68. The molecule has 4 nitrogen and oxygen atoms in total. The maximum atomic E-state index is 12.3. The molecule has 0 radical (unpaired) electrons. The van der Waals surface area contributed by atoms with E-state index >= 15 is 0 Å². The van der Waals surface area contributed by atoms with Gasteiger partial charge in [0, 0.05) is 24.6 Å². The molecule has 1 aromatic heterocycles. The molecule has 1 aromatic carbocycles. The molecule has 1 saturated carbocycles. The molecule has 2 aromatic rings. The largest absolute Gasteiger partial charge is 0.354 e. The Labute approximate surface area is 123 Å². The van der Waals surface area contributed by atoms with E-state index in [1.54, 1.807) is 4.57 Å². The number of pyridine rings is 1. The van der Waals surface area contributed by atoms with E-state index in [4.69, 9.17) is 0 Å². The maximum absolute atomic E-state index is 12.3. The van der Waals surface area contributed by atoms with Crippen LogP contribution in [-0.4, -0.2) is 17.0 Å². The molecule has 1 aliphatic carbocycles. The lowest BCUT2D eigenvalue weighted by atomic mass is 9.85. The van der Waals surface area contributed by atoms with Crippen LogP contribution in [0.15, 0.2) is 35.1 Å². The first-order valence-corrected chi connectivity index (χ1v) is 7.54. The molecule has 4 heteroatoms. The molecule has 110 valence electrons. The number of aryl methyl sites for hydroxylation is 1. The van der Waals surface area contributed by atoms with Gasteiger partial charge in [-0.2, -0.15) is 0 Å². The molecule has 0 atom stereocenters. The minimum atomic E-state index is 0.0200. The zero-order valence-electron chi connectivity index (χ0n) is 12.3. The molecule has 0 unspecified atom stereocenters. The van der Waals surface area contributed by atoms with Gasteiger partial charge in [-0.15, -0.1) is 0 Å². The van der Waals surface area contributed by atoms with Gasteiger partial charge < -0.3 is 9.88 Å². The molecule has 1 amide bonds. The summed E-state index contributed by atoms with van der Waals surface area (Å²) in [6.07, 6.45) is 3.15. The van der Waals surface area contributed by atoms with Crippen molar-refractivity contribution in [2.24, 2.45) is 5.92 Å². The Hall–Kier alpha value is -2.10.